The molecular formula is C10H15N3OS. The Morgan fingerprint density at radius 3 is 3.13 bits per heavy atom. The van der Waals surface area contributed by atoms with E-state index in [1.165, 1.54) is 0 Å². The van der Waals surface area contributed by atoms with Gasteiger partial charge in [-0.2, -0.15) is 0 Å². The van der Waals surface area contributed by atoms with E-state index in [4.69, 9.17) is 10.6 Å². The summed E-state index contributed by atoms with van der Waals surface area (Å²) in [5, 5.41) is 3.15. The zero-order valence-electron chi connectivity index (χ0n) is 8.69. The number of nitrogens with zero attached hydrogens (tertiary/aromatic N) is 1. The highest BCUT2D eigenvalue weighted by Crippen LogP contribution is 2.17. The summed E-state index contributed by atoms with van der Waals surface area (Å²) in [6, 6.07) is 0.0500. The van der Waals surface area contributed by atoms with Crippen LogP contribution in [-0.2, 0) is 11.2 Å². The van der Waals surface area contributed by atoms with Crippen molar-refractivity contribution in [3.05, 3.63) is 27.9 Å². The van der Waals surface area contributed by atoms with Crippen LogP contribution < -0.4 is 11.3 Å². The first-order valence-electron chi connectivity index (χ1n) is 4.99. The van der Waals surface area contributed by atoms with Gasteiger partial charge >= 0.3 is 0 Å². The van der Waals surface area contributed by atoms with Gasteiger partial charge in [0.25, 0.3) is 0 Å². The number of aromatic nitrogens is 1. The van der Waals surface area contributed by atoms with Crippen molar-refractivity contribution in [3.8, 4) is 0 Å². The molecule has 0 amide bonds. The Kier molecular flexibility index (Phi) is 3.35. The number of hydrogen-bond donors (Lipinski definition) is 2. The number of rotatable bonds is 4. The molecule has 15 heavy (non-hydrogen) atoms. The van der Waals surface area contributed by atoms with E-state index in [0.717, 1.165) is 35.9 Å². The molecule has 0 spiro atoms. The molecule has 5 heteroatoms. The number of ether oxygens (including phenoxy) is 1. The summed E-state index contributed by atoms with van der Waals surface area (Å²) in [6.07, 6.45) is 3.85. The first kappa shape index (κ1) is 10.6. The van der Waals surface area contributed by atoms with Gasteiger partial charge in [-0.3, -0.25) is 5.84 Å². The molecule has 1 atom stereocenters. The van der Waals surface area contributed by atoms with E-state index in [9.17, 15) is 0 Å². The van der Waals surface area contributed by atoms with Crippen LogP contribution in [0.4, 0.5) is 0 Å². The van der Waals surface area contributed by atoms with E-state index in [2.05, 4.69) is 21.9 Å². The van der Waals surface area contributed by atoms with Crippen LogP contribution in [0.1, 0.15) is 17.1 Å². The minimum absolute atomic E-state index is 0.0500. The third kappa shape index (κ3) is 2.56. The normalized spacial score (nSPS) is 17.3. The van der Waals surface area contributed by atoms with Crippen LogP contribution in [0.15, 0.2) is 17.2 Å². The Bertz CT molecular complexity index is 361. The number of thiazole rings is 1. The zero-order chi connectivity index (χ0) is 10.7. The van der Waals surface area contributed by atoms with Crippen LogP contribution in [0.2, 0.25) is 0 Å². The maximum absolute atomic E-state index is 5.51. The molecule has 1 aliphatic heterocycles. The molecule has 1 aromatic heterocycles. The smallest absolute Gasteiger partial charge is 0.111 e. The topological polar surface area (TPSA) is 60.2 Å². The van der Waals surface area contributed by atoms with Crippen molar-refractivity contribution in [2.45, 2.75) is 25.8 Å². The Hall–Kier alpha value is -0.910. The number of hydrogen-bond acceptors (Lipinski definition) is 5. The molecule has 2 rings (SSSR count). The fourth-order valence-corrected chi connectivity index (χ4v) is 2.26. The summed E-state index contributed by atoms with van der Waals surface area (Å²) in [7, 11) is 0. The van der Waals surface area contributed by atoms with E-state index in [0.29, 0.717) is 0 Å². The van der Waals surface area contributed by atoms with Crippen LogP contribution in [0, 0.1) is 6.92 Å². The highest BCUT2D eigenvalue weighted by atomic mass is 32.1. The maximum atomic E-state index is 5.51. The largest absolute Gasteiger partial charge is 0.496 e. The molecule has 0 saturated heterocycles. The van der Waals surface area contributed by atoms with E-state index < -0.39 is 0 Å². The highest BCUT2D eigenvalue weighted by molar-refractivity contribution is 7.09. The summed E-state index contributed by atoms with van der Waals surface area (Å²) in [5.74, 6) is 6.46. The SMILES string of the molecule is Cc1nc(CC(NN)C2=CCCO2)cs1. The minimum Gasteiger partial charge on any atom is -0.496 e. The lowest BCUT2D eigenvalue weighted by molar-refractivity contribution is 0.214. The molecular weight excluding hydrogens is 210 g/mol. The second-order valence-electron chi connectivity index (χ2n) is 3.52. The molecule has 0 fully saturated rings. The van der Waals surface area contributed by atoms with Crippen LogP contribution in [0.3, 0.4) is 0 Å². The van der Waals surface area contributed by atoms with Gasteiger partial charge in [-0.05, 0) is 13.0 Å². The first-order valence-corrected chi connectivity index (χ1v) is 5.87. The average Bonchev–Trinajstić information content (AvgIpc) is 2.85. The van der Waals surface area contributed by atoms with Crippen LogP contribution >= 0.6 is 11.3 Å². The minimum atomic E-state index is 0.0500. The molecule has 0 saturated carbocycles. The van der Waals surface area contributed by atoms with Crippen molar-refractivity contribution in [2.24, 2.45) is 5.84 Å². The van der Waals surface area contributed by atoms with Crippen molar-refractivity contribution in [3.63, 3.8) is 0 Å². The van der Waals surface area contributed by atoms with E-state index >= 15 is 0 Å². The van der Waals surface area contributed by atoms with Crippen molar-refractivity contribution in [1.29, 1.82) is 0 Å². The van der Waals surface area contributed by atoms with Crippen LogP contribution in [0.5, 0.6) is 0 Å². The van der Waals surface area contributed by atoms with E-state index in [-0.39, 0.29) is 6.04 Å². The molecule has 0 aliphatic carbocycles. The lowest BCUT2D eigenvalue weighted by Crippen LogP contribution is -2.38. The lowest BCUT2D eigenvalue weighted by Gasteiger charge is -2.15. The highest BCUT2D eigenvalue weighted by Gasteiger charge is 2.18. The molecule has 1 aliphatic rings. The van der Waals surface area contributed by atoms with Crippen LogP contribution in [0.25, 0.3) is 0 Å². The van der Waals surface area contributed by atoms with Gasteiger partial charge in [-0.15, -0.1) is 11.3 Å². The maximum Gasteiger partial charge on any atom is 0.111 e. The van der Waals surface area contributed by atoms with Gasteiger partial charge < -0.3 is 4.74 Å². The molecule has 2 heterocycles. The van der Waals surface area contributed by atoms with Gasteiger partial charge in [0.2, 0.25) is 0 Å². The monoisotopic (exact) mass is 225 g/mol. The average molecular weight is 225 g/mol. The molecule has 1 aromatic rings. The number of nitrogens with two attached hydrogens (primary N) is 1. The molecule has 4 nitrogen and oxygen atoms in total. The van der Waals surface area contributed by atoms with Crippen LogP contribution in [-0.4, -0.2) is 17.6 Å². The fraction of sp³-hybridized carbons (Fsp3) is 0.500. The Balaban J connectivity index is 2.02. The molecule has 0 bridgehead atoms. The quantitative estimate of drug-likeness (QED) is 0.595. The second-order valence-corrected chi connectivity index (χ2v) is 4.59. The summed E-state index contributed by atoms with van der Waals surface area (Å²) < 4.78 is 5.48. The van der Waals surface area contributed by atoms with Crippen molar-refractivity contribution >= 4 is 11.3 Å². The van der Waals surface area contributed by atoms with E-state index in [1.807, 2.05) is 6.92 Å². The summed E-state index contributed by atoms with van der Waals surface area (Å²) >= 11 is 1.66. The Labute approximate surface area is 93.1 Å². The Morgan fingerprint density at radius 1 is 1.73 bits per heavy atom. The zero-order valence-corrected chi connectivity index (χ0v) is 9.51. The van der Waals surface area contributed by atoms with Gasteiger partial charge in [0.15, 0.2) is 0 Å². The number of aryl methyl sites for hydroxylation is 1. The summed E-state index contributed by atoms with van der Waals surface area (Å²) in [6.45, 7) is 2.77. The standard InChI is InChI=1S/C10H15N3OS/c1-7-12-8(6-15-7)5-9(13-11)10-3-2-4-14-10/h3,6,9,13H,2,4-5,11H2,1H3. The van der Waals surface area contributed by atoms with Gasteiger partial charge in [0.1, 0.15) is 5.76 Å². The van der Waals surface area contributed by atoms with Gasteiger partial charge in [-0.25, -0.2) is 10.4 Å². The Morgan fingerprint density at radius 2 is 2.60 bits per heavy atom. The van der Waals surface area contributed by atoms with Crippen molar-refractivity contribution in [2.75, 3.05) is 6.61 Å². The molecule has 0 aromatic carbocycles. The third-order valence-corrected chi connectivity index (χ3v) is 3.18. The summed E-state index contributed by atoms with van der Waals surface area (Å²) in [5.41, 5.74) is 3.84. The number of nitrogens with one attached hydrogen (secondary N) is 1. The molecule has 0 radical (unpaired) electrons. The van der Waals surface area contributed by atoms with E-state index in [1.54, 1.807) is 11.3 Å². The van der Waals surface area contributed by atoms with Crippen molar-refractivity contribution < 1.29 is 4.74 Å². The fourth-order valence-electron chi connectivity index (χ4n) is 1.63. The second kappa shape index (κ2) is 4.74. The van der Waals surface area contributed by atoms with Gasteiger partial charge in [0.05, 0.1) is 23.4 Å². The third-order valence-electron chi connectivity index (χ3n) is 2.36. The molecule has 3 N–H and O–H groups in total. The molecule has 1 unspecified atom stereocenters. The predicted molar refractivity (Wildman–Crippen MR) is 60.3 cm³/mol. The molecule has 82 valence electrons. The van der Waals surface area contributed by atoms with Crippen molar-refractivity contribution in [1.82, 2.24) is 10.4 Å². The van der Waals surface area contributed by atoms with Gasteiger partial charge in [0, 0.05) is 18.2 Å². The summed E-state index contributed by atoms with van der Waals surface area (Å²) in [4.78, 5) is 4.41. The number of hydrazine groups is 1. The van der Waals surface area contributed by atoms with Gasteiger partial charge in [-0.1, -0.05) is 0 Å². The first-order chi connectivity index (χ1) is 7.29. The lowest BCUT2D eigenvalue weighted by atomic mass is 10.1. The predicted octanol–water partition coefficient (Wildman–Crippen LogP) is 1.13.